The highest BCUT2D eigenvalue weighted by molar-refractivity contribution is 5.61. The molecule has 2 nitrogen and oxygen atoms in total. The van der Waals surface area contributed by atoms with Crippen molar-refractivity contribution in [2.75, 3.05) is 7.11 Å². The van der Waals surface area contributed by atoms with E-state index in [2.05, 4.69) is 53.4 Å². The summed E-state index contributed by atoms with van der Waals surface area (Å²) >= 11 is 0. The number of hydrogen-bond acceptors (Lipinski definition) is 1. The van der Waals surface area contributed by atoms with Gasteiger partial charge < -0.3 is 4.74 Å². The van der Waals surface area contributed by atoms with Crippen LogP contribution in [0.25, 0.3) is 16.8 Å². The topological polar surface area (TPSA) is 13.1 Å². The number of methoxy groups -OCH3 is 1. The van der Waals surface area contributed by atoms with Crippen LogP contribution in [0.2, 0.25) is 0 Å². The van der Waals surface area contributed by atoms with Crippen molar-refractivity contribution in [2.45, 2.75) is 0 Å². The fourth-order valence-electron chi connectivity index (χ4n) is 2.18. The zero-order valence-electron chi connectivity index (χ0n) is 11.4. The average Bonchev–Trinajstić information content (AvgIpc) is 2.56. The minimum Gasteiger partial charge on any atom is -0.497 e. The Morgan fingerprint density at radius 3 is 1.90 bits per heavy atom. The first-order valence-corrected chi connectivity index (χ1v) is 6.58. The van der Waals surface area contributed by atoms with Crippen molar-refractivity contribution >= 4 is 0 Å². The third-order valence-corrected chi connectivity index (χ3v) is 3.31. The zero-order valence-corrected chi connectivity index (χ0v) is 11.4. The second-order valence-corrected chi connectivity index (χ2v) is 4.56. The molecule has 2 aromatic carbocycles. The summed E-state index contributed by atoms with van der Waals surface area (Å²) in [7, 11) is 1.68. The monoisotopic (exact) mass is 262 g/mol. The molecule has 0 fully saturated rings. The first-order chi connectivity index (χ1) is 9.86. The highest BCUT2D eigenvalue weighted by Crippen LogP contribution is 2.17. The van der Waals surface area contributed by atoms with Crippen molar-refractivity contribution in [3.63, 3.8) is 0 Å². The van der Waals surface area contributed by atoms with Crippen LogP contribution in [-0.2, 0) is 0 Å². The van der Waals surface area contributed by atoms with Gasteiger partial charge in [-0.05, 0) is 23.3 Å². The molecule has 0 spiro atoms. The summed E-state index contributed by atoms with van der Waals surface area (Å²) in [5, 5.41) is 0. The first-order valence-electron chi connectivity index (χ1n) is 6.58. The van der Waals surface area contributed by atoms with Crippen LogP contribution in [0.3, 0.4) is 0 Å². The Labute approximate surface area is 118 Å². The van der Waals surface area contributed by atoms with Crippen molar-refractivity contribution < 1.29 is 9.30 Å². The molecule has 2 heteroatoms. The largest absolute Gasteiger partial charge is 0.497 e. The molecule has 0 saturated heterocycles. The first kappa shape index (κ1) is 12.4. The molecule has 20 heavy (non-hydrogen) atoms. The summed E-state index contributed by atoms with van der Waals surface area (Å²) in [6.07, 6.45) is 4.15. The summed E-state index contributed by atoms with van der Waals surface area (Å²) < 4.78 is 7.26. The van der Waals surface area contributed by atoms with Crippen LogP contribution in [0.1, 0.15) is 0 Å². The molecule has 0 atom stereocenters. The van der Waals surface area contributed by atoms with Crippen molar-refractivity contribution in [3.8, 4) is 22.6 Å². The Hall–Kier alpha value is -2.61. The number of aromatic nitrogens is 1. The van der Waals surface area contributed by atoms with E-state index < -0.39 is 0 Å². The molecule has 3 rings (SSSR count). The third-order valence-electron chi connectivity index (χ3n) is 3.31. The Morgan fingerprint density at radius 1 is 0.700 bits per heavy atom. The van der Waals surface area contributed by atoms with Gasteiger partial charge >= 0.3 is 0 Å². The normalized spacial score (nSPS) is 10.2. The lowest BCUT2D eigenvalue weighted by atomic mass is 10.1. The number of hydrogen-bond donors (Lipinski definition) is 0. The highest BCUT2D eigenvalue weighted by Gasteiger charge is 2.06. The minimum absolute atomic E-state index is 0.871. The van der Waals surface area contributed by atoms with E-state index in [1.165, 1.54) is 11.1 Å². The Kier molecular flexibility index (Phi) is 3.46. The van der Waals surface area contributed by atoms with Gasteiger partial charge in [0, 0.05) is 24.3 Å². The van der Waals surface area contributed by atoms with Gasteiger partial charge in [0.1, 0.15) is 5.75 Å². The summed E-state index contributed by atoms with van der Waals surface area (Å²) in [6.45, 7) is 0. The molecule has 1 heterocycles. The van der Waals surface area contributed by atoms with Gasteiger partial charge in [-0.1, -0.05) is 30.3 Å². The SMILES string of the molecule is COc1ccc(-[n+]2ccc(-c3ccccc3)cc2)cc1. The third kappa shape index (κ3) is 2.54. The number of ether oxygens (including phenoxy) is 1. The molecule has 98 valence electrons. The summed E-state index contributed by atoms with van der Waals surface area (Å²) in [5.41, 5.74) is 3.56. The fraction of sp³-hybridized carbons (Fsp3) is 0.0556. The molecule has 3 aromatic rings. The van der Waals surface area contributed by atoms with Crippen LogP contribution in [0, 0.1) is 0 Å². The second kappa shape index (κ2) is 5.57. The predicted molar refractivity (Wildman–Crippen MR) is 80.0 cm³/mol. The van der Waals surface area contributed by atoms with E-state index in [4.69, 9.17) is 4.74 Å². The van der Waals surface area contributed by atoms with Crippen LogP contribution in [0.15, 0.2) is 79.1 Å². The van der Waals surface area contributed by atoms with Crippen molar-refractivity contribution in [2.24, 2.45) is 0 Å². The highest BCUT2D eigenvalue weighted by atomic mass is 16.5. The van der Waals surface area contributed by atoms with E-state index in [1.807, 2.05) is 30.3 Å². The average molecular weight is 262 g/mol. The molecular weight excluding hydrogens is 246 g/mol. The minimum atomic E-state index is 0.871. The lowest BCUT2D eigenvalue weighted by Gasteiger charge is -2.01. The van der Waals surface area contributed by atoms with Crippen LogP contribution < -0.4 is 9.30 Å². The summed E-state index contributed by atoms with van der Waals surface area (Å²) in [4.78, 5) is 0. The van der Waals surface area contributed by atoms with E-state index in [1.54, 1.807) is 7.11 Å². The fourth-order valence-corrected chi connectivity index (χ4v) is 2.18. The van der Waals surface area contributed by atoms with E-state index in [0.717, 1.165) is 11.4 Å². The van der Waals surface area contributed by atoms with Gasteiger partial charge in [-0.2, -0.15) is 4.57 Å². The van der Waals surface area contributed by atoms with Crippen LogP contribution in [0.5, 0.6) is 5.75 Å². The van der Waals surface area contributed by atoms with E-state index in [-0.39, 0.29) is 0 Å². The van der Waals surface area contributed by atoms with Crippen molar-refractivity contribution in [1.29, 1.82) is 0 Å². The Bertz CT molecular complexity index is 673. The molecule has 0 aliphatic rings. The molecular formula is C18H16NO+. The Balaban J connectivity index is 1.89. The van der Waals surface area contributed by atoms with Crippen LogP contribution in [0.4, 0.5) is 0 Å². The maximum atomic E-state index is 5.17. The van der Waals surface area contributed by atoms with Gasteiger partial charge in [0.25, 0.3) is 0 Å². The molecule has 0 N–H and O–H groups in total. The van der Waals surface area contributed by atoms with Gasteiger partial charge in [0.05, 0.1) is 7.11 Å². The Morgan fingerprint density at radius 2 is 1.30 bits per heavy atom. The van der Waals surface area contributed by atoms with E-state index in [9.17, 15) is 0 Å². The quantitative estimate of drug-likeness (QED) is 0.657. The van der Waals surface area contributed by atoms with Gasteiger partial charge in [0.2, 0.25) is 5.69 Å². The molecule has 0 amide bonds. The summed E-state index contributed by atoms with van der Waals surface area (Å²) in [6, 6.07) is 22.6. The standard InChI is InChI=1S/C18H16NO/c1-20-18-9-7-17(8-10-18)19-13-11-16(12-14-19)15-5-3-2-4-6-15/h2-14H,1H3/q+1. The molecule has 0 saturated carbocycles. The molecule has 0 unspecified atom stereocenters. The molecule has 1 aromatic heterocycles. The molecule has 0 aliphatic heterocycles. The van der Waals surface area contributed by atoms with E-state index >= 15 is 0 Å². The van der Waals surface area contributed by atoms with Gasteiger partial charge in [0.15, 0.2) is 12.4 Å². The number of pyridine rings is 1. The lowest BCUT2D eigenvalue weighted by molar-refractivity contribution is -0.595. The van der Waals surface area contributed by atoms with Crippen molar-refractivity contribution in [3.05, 3.63) is 79.1 Å². The lowest BCUT2D eigenvalue weighted by Crippen LogP contribution is -2.28. The van der Waals surface area contributed by atoms with Gasteiger partial charge in [-0.25, -0.2) is 0 Å². The van der Waals surface area contributed by atoms with E-state index in [0.29, 0.717) is 0 Å². The number of rotatable bonds is 3. The van der Waals surface area contributed by atoms with Crippen LogP contribution in [-0.4, -0.2) is 7.11 Å². The maximum absolute atomic E-state index is 5.17. The summed E-state index contributed by atoms with van der Waals surface area (Å²) in [5.74, 6) is 0.871. The predicted octanol–water partition coefficient (Wildman–Crippen LogP) is 3.64. The van der Waals surface area contributed by atoms with Gasteiger partial charge in [-0.15, -0.1) is 0 Å². The number of nitrogens with zero attached hydrogens (tertiary/aromatic N) is 1. The molecule has 0 aliphatic carbocycles. The van der Waals surface area contributed by atoms with Gasteiger partial charge in [-0.3, -0.25) is 0 Å². The van der Waals surface area contributed by atoms with Crippen LogP contribution >= 0.6 is 0 Å². The smallest absolute Gasteiger partial charge is 0.210 e. The second-order valence-electron chi connectivity index (χ2n) is 4.56. The molecule has 0 bridgehead atoms. The van der Waals surface area contributed by atoms with Crippen molar-refractivity contribution in [1.82, 2.24) is 0 Å². The molecule has 0 radical (unpaired) electrons. The number of benzene rings is 2. The zero-order chi connectivity index (χ0) is 13.8. The maximum Gasteiger partial charge on any atom is 0.210 e.